The Hall–Kier alpha value is -2.44. The van der Waals surface area contributed by atoms with E-state index in [9.17, 15) is 9.59 Å². The molecule has 7 heteroatoms. The van der Waals surface area contributed by atoms with E-state index >= 15 is 0 Å². The third-order valence-electron chi connectivity index (χ3n) is 4.79. The molecule has 1 aromatic heterocycles. The minimum Gasteiger partial charge on any atom is -0.288 e. The molecule has 2 heterocycles. The predicted octanol–water partition coefficient (Wildman–Crippen LogP) is 3.92. The van der Waals surface area contributed by atoms with Crippen LogP contribution in [-0.4, -0.2) is 21.0 Å². The van der Waals surface area contributed by atoms with Gasteiger partial charge in [-0.25, -0.2) is 4.68 Å². The molecule has 1 atom stereocenters. The van der Waals surface area contributed by atoms with Crippen molar-refractivity contribution in [1.29, 1.82) is 0 Å². The number of rotatable bonds is 3. The monoisotopic (exact) mass is 399 g/mol. The van der Waals surface area contributed by atoms with Crippen molar-refractivity contribution < 1.29 is 4.79 Å². The van der Waals surface area contributed by atoms with Crippen molar-refractivity contribution >= 4 is 35.0 Å². The number of para-hydroxylation sites is 1. The van der Waals surface area contributed by atoms with E-state index in [0.29, 0.717) is 16.5 Å². The van der Waals surface area contributed by atoms with Gasteiger partial charge in [0.1, 0.15) is 11.1 Å². The molecule has 4 rings (SSSR count). The van der Waals surface area contributed by atoms with Crippen LogP contribution in [-0.2, 0) is 11.8 Å². The molecular formula is C20H18ClN3O2S. The fraction of sp³-hybridized carbons (Fsp3) is 0.200. The van der Waals surface area contributed by atoms with Gasteiger partial charge < -0.3 is 0 Å². The molecular weight excluding hydrogens is 382 g/mol. The fourth-order valence-electron chi connectivity index (χ4n) is 3.37. The molecule has 1 aliphatic heterocycles. The largest absolute Gasteiger partial charge is 0.295 e. The van der Waals surface area contributed by atoms with E-state index in [-0.39, 0.29) is 16.8 Å². The van der Waals surface area contributed by atoms with E-state index in [2.05, 4.69) is 0 Å². The summed E-state index contributed by atoms with van der Waals surface area (Å²) in [6, 6.07) is 16.8. The normalized spacial score (nSPS) is 16.9. The summed E-state index contributed by atoms with van der Waals surface area (Å²) in [5, 5.41) is 0.398. The third kappa shape index (κ3) is 2.99. The van der Waals surface area contributed by atoms with E-state index in [1.807, 2.05) is 56.4 Å². The zero-order valence-corrected chi connectivity index (χ0v) is 16.5. The molecule has 1 saturated heterocycles. The van der Waals surface area contributed by atoms with Gasteiger partial charge in [-0.2, -0.15) is 0 Å². The van der Waals surface area contributed by atoms with Crippen LogP contribution in [0.2, 0.25) is 5.02 Å². The third-order valence-corrected chi connectivity index (χ3v) is 6.25. The Labute approximate surface area is 166 Å². The van der Waals surface area contributed by atoms with Crippen LogP contribution in [0.5, 0.6) is 0 Å². The van der Waals surface area contributed by atoms with Crippen molar-refractivity contribution in [2.45, 2.75) is 12.3 Å². The number of aromatic nitrogens is 2. The molecule has 2 aromatic carbocycles. The Balaban J connectivity index is 1.86. The molecule has 5 nitrogen and oxygen atoms in total. The number of halogens is 1. The molecule has 0 bridgehead atoms. The number of benzene rings is 2. The van der Waals surface area contributed by atoms with E-state index in [1.54, 1.807) is 26.4 Å². The van der Waals surface area contributed by atoms with Crippen LogP contribution < -0.4 is 10.5 Å². The quantitative estimate of drug-likeness (QED) is 0.670. The lowest BCUT2D eigenvalue weighted by molar-refractivity contribution is -0.115. The van der Waals surface area contributed by atoms with Crippen LogP contribution in [0, 0.1) is 6.92 Å². The number of hydrogen-bond acceptors (Lipinski definition) is 3. The molecule has 0 unspecified atom stereocenters. The van der Waals surface area contributed by atoms with Crippen LogP contribution >= 0.6 is 23.4 Å². The summed E-state index contributed by atoms with van der Waals surface area (Å²) in [6.07, 6.45) is 0. The lowest BCUT2D eigenvalue weighted by Crippen LogP contribution is -2.33. The van der Waals surface area contributed by atoms with Crippen LogP contribution in [0.4, 0.5) is 5.69 Å². The van der Waals surface area contributed by atoms with Crippen molar-refractivity contribution in [2.24, 2.45) is 7.05 Å². The number of thioether (sulfide) groups is 1. The van der Waals surface area contributed by atoms with Gasteiger partial charge in [0, 0.05) is 12.1 Å². The van der Waals surface area contributed by atoms with Gasteiger partial charge in [0.15, 0.2) is 0 Å². The van der Waals surface area contributed by atoms with Crippen LogP contribution in [0.3, 0.4) is 0 Å². The highest BCUT2D eigenvalue weighted by molar-refractivity contribution is 8.00. The Morgan fingerprint density at radius 1 is 1.04 bits per heavy atom. The highest BCUT2D eigenvalue weighted by atomic mass is 35.5. The van der Waals surface area contributed by atoms with E-state index in [1.165, 1.54) is 11.8 Å². The first-order chi connectivity index (χ1) is 13.0. The molecule has 0 N–H and O–H groups in total. The smallest absolute Gasteiger partial charge is 0.288 e. The zero-order chi connectivity index (χ0) is 19.1. The number of amides is 1. The lowest BCUT2D eigenvalue weighted by atomic mass is 10.2. The van der Waals surface area contributed by atoms with Crippen molar-refractivity contribution in [3.05, 3.63) is 81.2 Å². The number of hydrogen-bond donors (Lipinski definition) is 0. The Bertz CT molecular complexity index is 1060. The molecule has 0 radical (unpaired) electrons. The molecule has 138 valence electrons. The average Bonchev–Trinajstić information content (AvgIpc) is 3.14. The highest BCUT2D eigenvalue weighted by Crippen LogP contribution is 2.42. The van der Waals surface area contributed by atoms with Gasteiger partial charge in [-0.15, -0.1) is 11.8 Å². The lowest BCUT2D eigenvalue weighted by Gasteiger charge is -2.23. The van der Waals surface area contributed by atoms with Gasteiger partial charge in [-0.3, -0.25) is 19.2 Å². The van der Waals surface area contributed by atoms with Crippen LogP contribution in [0.1, 0.15) is 16.6 Å². The molecule has 1 aliphatic rings. The number of carbonyl (C=O) groups excluding carboxylic acids is 1. The van der Waals surface area contributed by atoms with Gasteiger partial charge in [-0.1, -0.05) is 41.9 Å². The second-order valence-electron chi connectivity index (χ2n) is 6.39. The molecule has 3 aromatic rings. The summed E-state index contributed by atoms with van der Waals surface area (Å²) >= 11 is 7.52. The molecule has 0 aliphatic carbocycles. The molecule has 0 saturated carbocycles. The minimum atomic E-state index is -0.243. The minimum absolute atomic E-state index is 0.0639. The Morgan fingerprint density at radius 3 is 2.37 bits per heavy atom. The van der Waals surface area contributed by atoms with Gasteiger partial charge >= 0.3 is 0 Å². The summed E-state index contributed by atoms with van der Waals surface area (Å²) < 4.78 is 3.39. The molecule has 0 spiro atoms. The second kappa shape index (κ2) is 6.94. The summed E-state index contributed by atoms with van der Waals surface area (Å²) in [5.74, 6) is 0.276. The molecule has 27 heavy (non-hydrogen) atoms. The van der Waals surface area contributed by atoms with E-state index in [4.69, 9.17) is 11.6 Å². The summed E-state index contributed by atoms with van der Waals surface area (Å²) in [5.41, 5.74) is 2.69. The van der Waals surface area contributed by atoms with E-state index in [0.717, 1.165) is 16.9 Å². The molecule has 1 fully saturated rings. The highest BCUT2D eigenvalue weighted by Gasteiger charge is 2.38. The topological polar surface area (TPSA) is 47.2 Å². The standard InChI is InChI=1S/C20H18ClN3O2S/c1-13-18(19(26)24(22(13)2)16-6-4-3-5-7-16)23-17(25)12-27-20(23)14-8-10-15(21)11-9-14/h3-11,20H,12H2,1-2H3/t20-/m0/s1. The van der Waals surface area contributed by atoms with Gasteiger partial charge in [-0.05, 0) is 36.8 Å². The number of carbonyl (C=O) groups is 1. The van der Waals surface area contributed by atoms with Crippen molar-refractivity contribution in [3.8, 4) is 5.69 Å². The summed E-state index contributed by atoms with van der Waals surface area (Å²) in [4.78, 5) is 27.6. The zero-order valence-electron chi connectivity index (χ0n) is 14.9. The maximum Gasteiger partial charge on any atom is 0.295 e. The van der Waals surface area contributed by atoms with Crippen LogP contribution in [0.15, 0.2) is 59.4 Å². The molecule has 1 amide bonds. The van der Waals surface area contributed by atoms with Gasteiger partial charge in [0.25, 0.3) is 5.56 Å². The summed E-state index contributed by atoms with van der Waals surface area (Å²) in [7, 11) is 1.83. The first-order valence-electron chi connectivity index (χ1n) is 8.52. The first kappa shape index (κ1) is 17.9. The second-order valence-corrected chi connectivity index (χ2v) is 7.89. The van der Waals surface area contributed by atoms with E-state index < -0.39 is 0 Å². The average molecular weight is 400 g/mol. The Morgan fingerprint density at radius 2 is 1.70 bits per heavy atom. The first-order valence-corrected chi connectivity index (χ1v) is 9.95. The van der Waals surface area contributed by atoms with Crippen molar-refractivity contribution in [1.82, 2.24) is 9.36 Å². The summed E-state index contributed by atoms with van der Waals surface area (Å²) in [6.45, 7) is 1.87. The van der Waals surface area contributed by atoms with Gasteiger partial charge in [0.2, 0.25) is 5.91 Å². The number of nitrogens with zero attached hydrogens (tertiary/aromatic N) is 3. The Kier molecular flexibility index (Phi) is 4.61. The van der Waals surface area contributed by atoms with Crippen molar-refractivity contribution in [2.75, 3.05) is 10.7 Å². The van der Waals surface area contributed by atoms with Crippen molar-refractivity contribution in [3.63, 3.8) is 0 Å². The SMILES string of the molecule is Cc1c(N2C(=O)CS[C@H]2c2ccc(Cl)cc2)c(=O)n(-c2ccccc2)n1C. The maximum atomic E-state index is 13.3. The fourth-order valence-corrected chi connectivity index (χ4v) is 4.66. The number of anilines is 1. The van der Waals surface area contributed by atoms with Gasteiger partial charge in [0.05, 0.1) is 17.1 Å². The predicted molar refractivity (Wildman–Crippen MR) is 110 cm³/mol. The maximum absolute atomic E-state index is 13.3. The van der Waals surface area contributed by atoms with Crippen LogP contribution in [0.25, 0.3) is 5.69 Å².